The molecule has 0 bridgehead atoms. The first-order valence-corrected chi connectivity index (χ1v) is 7.74. The third-order valence-corrected chi connectivity index (χ3v) is 4.93. The highest BCUT2D eigenvalue weighted by molar-refractivity contribution is 7.89. The fourth-order valence-electron chi connectivity index (χ4n) is 1.91. The molecule has 0 saturated carbocycles. The smallest absolute Gasteiger partial charge is 0.244 e. The van der Waals surface area contributed by atoms with Crippen molar-refractivity contribution in [2.24, 2.45) is 5.73 Å². The predicted molar refractivity (Wildman–Crippen MR) is 77.2 cm³/mol. The van der Waals surface area contributed by atoms with E-state index in [0.717, 1.165) is 0 Å². The Balaban J connectivity index is 2.28. The van der Waals surface area contributed by atoms with Gasteiger partial charge in [-0.1, -0.05) is 12.1 Å². The standard InChI is InChI=1S/C14H16FN3O2S/c1-18(10-11-4-6-12(15)7-5-11)21(19,20)14-3-2-8-17-13(14)9-16/h2-8H,9-10,16H2,1H3. The molecule has 1 aromatic carbocycles. The van der Waals surface area contributed by atoms with Gasteiger partial charge in [0.1, 0.15) is 10.7 Å². The molecule has 21 heavy (non-hydrogen) atoms. The monoisotopic (exact) mass is 309 g/mol. The van der Waals surface area contributed by atoms with Crippen molar-refractivity contribution < 1.29 is 12.8 Å². The van der Waals surface area contributed by atoms with Crippen molar-refractivity contribution in [1.29, 1.82) is 0 Å². The molecule has 0 atom stereocenters. The first kappa shape index (κ1) is 15.6. The Morgan fingerprint density at radius 3 is 2.52 bits per heavy atom. The number of halogens is 1. The van der Waals surface area contributed by atoms with E-state index in [1.54, 1.807) is 18.2 Å². The van der Waals surface area contributed by atoms with Gasteiger partial charge < -0.3 is 5.73 Å². The first-order chi connectivity index (χ1) is 9.95. The van der Waals surface area contributed by atoms with E-state index >= 15 is 0 Å². The second kappa shape index (κ2) is 6.30. The second-order valence-electron chi connectivity index (χ2n) is 4.54. The van der Waals surface area contributed by atoms with Gasteiger partial charge in [-0.3, -0.25) is 4.98 Å². The van der Waals surface area contributed by atoms with Crippen LogP contribution in [0, 0.1) is 5.82 Å². The lowest BCUT2D eigenvalue weighted by Crippen LogP contribution is -2.28. The summed E-state index contributed by atoms with van der Waals surface area (Å²) in [5, 5.41) is 0. The van der Waals surface area contributed by atoms with Crippen LogP contribution in [0.3, 0.4) is 0 Å². The molecule has 1 heterocycles. The van der Waals surface area contributed by atoms with Gasteiger partial charge in [-0.25, -0.2) is 12.8 Å². The first-order valence-electron chi connectivity index (χ1n) is 6.30. The fourth-order valence-corrected chi connectivity index (χ4v) is 3.25. The molecule has 0 saturated heterocycles. The molecule has 0 spiro atoms. The van der Waals surface area contributed by atoms with E-state index in [1.165, 1.54) is 35.7 Å². The third kappa shape index (κ3) is 3.44. The zero-order valence-electron chi connectivity index (χ0n) is 11.5. The summed E-state index contributed by atoms with van der Waals surface area (Å²) in [5.41, 5.74) is 6.55. The van der Waals surface area contributed by atoms with Gasteiger partial charge in [-0.2, -0.15) is 4.31 Å². The highest BCUT2D eigenvalue weighted by Gasteiger charge is 2.24. The average Bonchev–Trinajstić information content (AvgIpc) is 2.49. The Hall–Kier alpha value is -1.83. The summed E-state index contributed by atoms with van der Waals surface area (Å²) in [5.74, 6) is -0.359. The van der Waals surface area contributed by atoms with Gasteiger partial charge in [-0.15, -0.1) is 0 Å². The molecule has 2 aromatic rings. The van der Waals surface area contributed by atoms with Crippen molar-refractivity contribution in [2.45, 2.75) is 18.0 Å². The van der Waals surface area contributed by atoms with Crippen LogP contribution in [0.4, 0.5) is 4.39 Å². The molecule has 112 valence electrons. The minimum absolute atomic E-state index is 0.0415. The Kier molecular flexibility index (Phi) is 4.66. The third-order valence-electron chi connectivity index (χ3n) is 3.05. The molecule has 0 fully saturated rings. The molecule has 0 amide bonds. The molecule has 0 unspecified atom stereocenters. The minimum Gasteiger partial charge on any atom is -0.325 e. The van der Waals surface area contributed by atoms with E-state index in [9.17, 15) is 12.8 Å². The molecule has 2 rings (SSSR count). The van der Waals surface area contributed by atoms with Crippen LogP contribution in [0.1, 0.15) is 11.3 Å². The largest absolute Gasteiger partial charge is 0.325 e. The lowest BCUT2D eigenvalue weighted by Gasteiger charge is -2.18. The van der Waals surface area contributed by atoms with Gasteiger partial charge in [0.15, 0.2) is 0 Å². The number of nitrogens with zero attached hydrogens (tertiary/aromatic N) is 2. The maximum absolute atomic E-state index is 12.9. The fraction of sp³-hybridized carbons (Fsp3) is 0.214. The topological polar surface area (TPSA) is 76.3 Å². The van der Waals surface area contributed by atoms with E-state index < -0.39 is 10.0 Å². The van der Waals surface area contributed by atoms with Crippen LogP contribution in [0.2, 0.25) is 0 Å². The summed E-state index contributed by atoms with van der Waals surface area (Å²) in [7, 11) is -2.23. The van der Waals surface area contributed by atoms with Crippen LogP contribution in [0.5, 0.6) is 0 Å². The summed E-state index contributed by atoms with van der Waals surface area (Å²) in [4.78, 5) is 4.08. The Bertz CT molecular complexity index is 717. The zero-order chi connectivity index (χ0) is 15.5. The van der Waals surface area contributed by atoms with Crippen molar-refractivity contribution >= 4 is 10.0 Å². The summed E-state index contributed by atoms with van der Waals surface area (Å²) >= 11 is 0. The molecular weight excluding hydrogens is 293 g/mol. The number of aromatic nitrogens is 1. The second-order valence-corrected chi connectivity index (χ2v) is 6.55. The number of rotatable bonds is 5. The van der Waals surface area contributed by atoms with Crippen LogP contribution in [0.15, 0.2) is 47.5 Å². The predicted octanol–water partition coefficient (Wildman–Crippen LogP) is 1.50. The van der Waals surface area contributed by atoms with E-state index in [4.69, 9.17) is 5.73 Å². The van der Waals surface area contributed by atoms with Gasteiger partial charge in [-0.05, 0) is 29.8 Å². The molecule has 5 nitrogen and oxygen atoms in total. The summed E-state index contributed by atoms with van der Waals surface area (Å²) in [6, 6.07) is 8.72. The van der Waals surface area contributed by atoms with Gasteiger partial charge in [0.05, 0.1) is 5.69 Å². The molecule has 7 heteroatoms. The van der Waals surface area contributed by atoms with E-state index in [0.29, 0.717) is 11.3 Å². The average molecular weight is 309 g/mol. The summed E-state index contributed by atoms with van der Waals surface area (Å²) in [6.45, 7) is 0.182. The zero-order valence-corrected chi connectivity index (χ0v) is 12.3. The normalized spacial score (nSPS) is 11.8. The number of hydrogen-bond donors (Lipinski definition) is 1. The molecule has 0 aliphatic rings. The summed E-state index contributed by atoms with van der Waals surface area (Å²) < 4.78 is 39.1. The quantitative estimate of drug-likeness (QED) is 0.908. The Morgan fingerprint density at radius 1 is 1.24 bits per heavy atom. The molecule has 0 radical (unpaired) electrons. The van der Waals surface area contributed by atoms with E-state index in [1.807, 2.05) is 0 Å². The van der Waals surface area contributed by atoms with Crippen LogP contribution >= 0.6 is 0 Å². The van der Waals surface area contributed by atoms with Crippen molar-refractivity contribution in [1.82, 2.24) is 9.29 Å². The minimum atomic E-state index is -3.69. The highest BCUT2D eigenvalue weighted by Crippen LogP contribution is 2.19. The SMILES string of the molecule is CN(Cc1ccc(F)cc1)S(=O)(=O)c1cccnc1CN. The maximum atomic E-state index is 12.9. The van der Waals surface area contributed by atoms with Crippen molar-refractivity contribution in [3.8, 4) is 0 Å². The molecular formula is C14H16FN3O2S. The van der Waals surface area contributed by atoms with Crippen LogP contribution in [0.25, 0.3) is 0 Å². The van der Waals surface area contributed by atoms with Gasteiger partial charge >= 0.3 is 0 Å². The number of pyridine rings is 1. The van der Waals surface area contributed by atoms with Crippen molar-refractivity contribution in [2.75, 3.05) is 7.05 Å². The van der Waals surface area contributed by atoms with Crippen molar-refractivity contribution in [3.63, 3.8) is 0 Å². The van der Waals surface area contributed by atoms with Gasteiger partial charge in [0.2, 0.25) is 10.0 Å². The Morgan fingerprint density at radius 2 is 1.90 bits per heavy atom. The number of nitrogens with two attached hydrogens (primary N) is 1. The van der Waals surface area contributed by atoms with Gasteiger partial charge in [0, 0.05) is 26.3 Å². The van der Waals surface area contributed by atoms with Crippen molar-refractivity contribution in [3.05, 3.63) is 59.7 Å². The Labute approximate surface area is 123 Å². The molecule has 0 aliphatic heterocycles. The lowest BCUT2D eigenvalue weighted by molar-refractivity contribution is 0.465. The van der Waals surface area contributed by atoms with Gasteiger partial charge in [0.25, 0.3) is 0 Å². The number of benzene rings is 1. The van der Waals surface area contributed by atoms with Crippen LogP contribution in [-0.4, -0.2) is 24.8 Å². The summed E-state index contributed by atoms with van der Waals surface area (Å²) in [6.07, 6.45) is 1.50. The number of sulfonamides is 1. The maximum Gasteiger partial charge on any atom is 0.244 e. The molecule has 0 aliphatic carbocycles. The highest BCUT2D eigenvalue weighted by atomic mass is 32.2. The van der Waals surface area contributed by atoms with Crippen LogP contribution in [-0.2, 0) is 23.1 Å². The molecule has 2 N–H and O–H groups in total. The lowest BCUT2D eigenvalue weighted by atomic mass is 10.2. The van der Waals surface area contributed by atoms with E-state index in [2.05, 4.69) is 4.98 Å². The molecule has 1 aromatic heterocycles. The number of hydrogen-bond acceptors (Lipinski definition) is 4. The van der Waals surface area contributed by atoms with Crippen LogP contribution < -0.4 is 5.73 Å². The van der Waals surface area contributed by atoms with E-state index in [-0.39, 0.29) is 23.8 Å².